The molecule has 0 aromatic rings. The fraction of sp³-hybridized carbons (Fsp3) is 0.833. The summed E-state index contributed by atoms with van der Waals surface area (Å²) in [4.78, 5) is 20.0. The van der Waals surface area contributed by atoms with Crippen LogP contribution in [0.15, 0.2) is 4.99 Å². The van der Waals surface area contributed by atoms with E-state index >= 15 is 0 Å². The van der Waals surface area contributed by atoms with Gasteiger partial charge in [-0.25, -0.2) is 0 Å². The highest BCUT2D eigenvalue weighted by molar-refractivity contribution is 8.14. The van der Waals surface area contributed by atoms with Crippen molar-refractivity contribution in [2.75, 3.05) is 45.8 Å². The number of rotatable bonds is 3. The molecule has 1 fully saturated rings. The van der Waals surface area contributed by atoms with E-state index in [1.54, 1.807) is 11.8 Å². The standard InChI is InChI=1S/C12H19F3N4OS/c1-9-6-16-11(21-9)19-4-2-18(3-5-19)7-10(20)17-8-12(13,14)15/h9H,2-8H2,1H3,(H,17,20). The molecule has 1 amide bonds. The molecule has 21 heavy (non-hydrogen) atoms. The first-order valence-corrected chi connectivity index (χ1v) is 7.73. The van der Waals surface area contributed by atoms with Crippen LogP contribution in [0.5, 0.6) is 0 Å². The average molecular weight is 324 g/mol. The Bertz CT molecular complexity index is 408. The zero-order chi connectivity index (χ0) is 15.5. The minimum Gasteiger partial charge on any atom is -0.349 e. The smallest absolute Gasteiger partial charge is 0.349 e. The molecule has 9 heteroatoms. The second-order valence-corrected chi connectivity index (χ2v) is 6.61. The number of nitrogens with one attached hydrogen (secondary N) is 1. The molecule has 0 aromatic carbocycles. The van der Waals surface area contributed by atoms with Crippen molar-refractivity contribution in [3.05, 3.63) is 0 Å². The molecule has 2 aliphatic heterocycles. The van der Waals surface area contributed by atoms with Gasteiger partial charge in [0.15, 0.2) is 5.17 Å². The number of aliphatic imine (C=N–C) groups is 1. The van der Waals surface area contributed by atoms with E-state index in [1.807, 2.05) is 10.2 Å². The Labute approximate surface area is 125 Å². The Morgan fingerprint density at radius 3 is 2.57 bits per heavy atom. The second kappa shape index (κ2) is 6.87. The van der Waals surface area contributed by atoms with E-state index in [-0.39, 0.29) is 6.54 Å². The molecule has 2 rings (SSSR count). The van der Waals surface area contributed by atoms with Gasteiger partial charge in [-0.3, -0.25) is 14.7 Å². The van der Waals surface area contributed by atoms with Gasteiger partial charge >= 0.3 is 6.18 Å². The van der Waals surface area contributed by atoms with Crippen LogP contribution in [0.4, 0.5) is 13.2 Å². The lowest BCUT2D eigenvalue weighted by Gasteiger charge is -2.35. The predicted molar refractivity (Wildman–Crippen MR) is 76.4 cm³/mol. The van der Waals surface area contributed by atoms with Crippen molar-refractivity contribution in [1.29, 1.82) is 0 Å². The van der Waals surface area contributed by atoms with E-state index < -0.39 is 18.6 Å². The number of amides is 1. The minimum atomic E-state index is -4.36. The number of carbonyl (C=O) groups is 1. The molecule has 0 aliphatic carbocycles. The highest BCUT2D eigenvalue weighted by Gasteiger charge is 2.29. The molecule has 1 saturated heterocycles. The second-order valence-electron chi connectivity index (χ2n) is 5.21. The third kappa shape index (κ3) is 5.39. The Kier molecular flexibility index (Phi) is 5.37. The molecule has 120 valence electrons. The summed E-state index contributed by atoms with van der Waals surface area (Å²) in [6, 6.07) is 0. The van der Waals surface area contributed by atoms with Crippen LogP contribution in [0.25, 0.3) is 0 Å². The van der Waals surface area contributed by atoms with E-state index in [2.05, 4.69) is 16.8 Å². The van der Waals surface area contributed by atoms with Gasteiger partial charge in [0, 0.05) is 31.4 Å². The number of hydrogen-bond acceptors (Lipinski definition) is 5. The predicted octanol–water partition coefficient (Wildman–Crippen LogP) is 0.774. The first kappa shape index (κ1) is 16.4. The molecule has 0 spiro atoms. The first-order valence-electron chi connectivity index (χ1n) is 6.85. The van der Waals surface area contributed by atoms with Crippen LogP contribution in [0.2, 0.25) is 0 Å². The monoisotopic (exact) mass is 324 g/mol. The minimum absolute atomic E-state index is 0.0138. The van der Waals surface area contributed by atoms with E-state index in [0.717, 1.165) is 24.8 Å². The number of alkyl halides is 3. The van der Waals surface area contributed by atoms with Crippen LogP contribution in [0, 0.1) is 0 Å². The molecule has 2 aliphatic rings. The summed E-state index contributed by atoms with van der Waals surface area (Å²) in [5.41, 5.74) is 0. The van der Waals surface area contributed by atoms with Crippen molar-refractivity contribution in [2.45, 2.75) is 18.3 Å². The SMILES string of the molecule is CC1CN=C(N2CCN(CC(=O)NCC(F)(F)F)CC2)S1. The average Bonchev–Trinajstić information content (AvgIpc) is 2.83. The molecule has 1 N–H and O–H groups in total. The topological polar surface area (TPSA) is 47.9 Å². The third-order valence-corrected chi connectivity index (χ3v) is 4.44. The Balaban J connectivity index is 1.68. The van der Waals surface area contributed by atoms with Crippen molar-refractivity contribution >= 4 is 22.8 Å². The number of carbonyl (C=O) groups excluding carboxylic acids is 1. The van der Waals surface area contributed by atoms with Crippen LogP contribution in [0.3, 0.4) is 0 Å². The van der Waals surface area contributed by atoms with Crippen LogP contribution in [-0.4, -0.2) is 78.1 Å². The van der Waals surface area contributed by atoms with Crippen LogP contribution in [0.1, 0.15) is 6.92 Å². The van der Waals surface area contributed by atoms with E-state index in [0.29, 0.717) is 18.3 Å². The lowest BCUT2D eigenvalue weighted by Crippen LogP contribution is -2.51. The molecule has 5 nitrogen and oxygen atoms in total. The molecule has 0 radical (unpaired) electrons. The maximum absolute atomic E-state index is 12.0. The Morgan fingerprint density at radius 2 is 2.05 bits per heavy atom. The Hall–Kier alpha value is -0.960. The molecule has 1 unspecified atom stereocenters. The van der Waals surface area contributed by atoms with E-state index in [9.17, 15) is 18.0 Å². The summed E-state index contributed by atoms with van der Waals surface area (Å²) in [5, 5.41) is 3.45. The van der Waals surface area contributed by atoms with Gasteiger partial charge in [-0.2, -0.15) is 13.2 Å². The molecule has 0 aromatic heterocycles. The number of hydrogen-bond donors (Lipinski definition) is 1. The Morgan fingerprint density at radius 1 is 1.38 bits per heavy atom. The number of nitrogens with zero attached hydrogens (tertiary/aromatic N) is 3. The van der Waals surface area contributed by atoms with Gasteiger partial charge in [-0.05, 0) is 0 Å². The normalized spacial score (nSPS) is 24.1. The highest BCUT2D eigenvalue weighted by Crippen LogP contribution is 2.23. The van der Waals surface area contributed by atoms with Gasteiger partial charge in [0.25, 0.3) is 0 Å². The zero-order valence-corrected chi connectivity index (χ0v) is 12.6. The van der Waals surface area contributed by atoms with Gasteiger partial charge in [-0.1, -0.05) is 18.7 Å². The van der Waals surface area contributed by atoms with Gasteiger partial charge in [-0.15, -0.1) is 0 Å². The number of halogens is 3. The van der Waals surface area contributed by atoms with E-state index in [4.69, 9.17) is 0 Å². The number of thioether (sulfide) groups is 1. The van der Waals surface area contributed by atoms with Crippen LogP contribution in [-0.2, 0) is 4.79 Å². The lowest BCUT2D eigenvalue weighted by molar-refractivity contribution is -0.139. The quantitative estimate of drug-likeness (QED) is 0.833. The summed E-state index contributed by atoms with van der Waals surface area (Å²) in [6.45, 7) is 4.54. The van der Waals surface area contributed by atoms with Gasteiger partial charge in [0.1, 0.15) is 6.54 Å². The van der Waals surface area contributed by atoms with Crippen molar-refractivity contribution in [3.63, 3.8) is 0 Å². The largest absolute Gasteiger partial charge is 0.405 e. The number of amidine groups is 1. The maximum atomic E-state index is 12.0. The van der Waals surface area contributed by atoms with Crippen LogP contribution < -0.4 is 5.32 Å². The summed E-state index contributed by atoms with van der Waals surface area (Å²) in [7, 11) is 0. The van der Waals surface area contributed by atoms with Crippen molar-refractivity contribution in [1.82, 2.24) is 15.1 Å². The van der Waals surface area contributed by atoms with Gasteiger partial charge in [0.05, 0.1) is 13.1 Å². The summed E-state index contributed by atoms with van der Waals surface area (Å²) in [5.74, 6) is -0.582. The highest BCUT2D eigenvalue weighted by atomic mass is 32.2. The van der Waals surface area contributed by atoms with Crippen molar-refractivity contribution in [2.24, 2.45) is 4.99 Å². The number of piperazine rings is 1. The molecule has 1 atom stereocenters. The summed E-state index contributed by atoms with van der Waals surface area (Å²) < 4.78 is 36.0. The molecular weight excluding hydrogens is 305 g/mol. The lowest BCUT2D eigenvalue weighted by atomic mass is 10.3. The first-order chi connectivity index (χ1) is 9.83. The van der Waals surface area contributed by atoms with Gasteiger partial charge in [0.2, 0.25) is 5.91 Å². The molecule has 0 bridgehead atoms. The zero-order valence-electron chi connectivity index (χ0n) is 11.8. The third-order valence-electron chi connectivity index (χ3n) is 3.29. The fourth-order valence-corrected chi connectivity index (χ4v) is 3.18. The molecular formula is C12H19F3N4OS. The van der Waals surface area contributed by atoms with Gasteiger partial charge < -0.3 is 10.2 Å². The summed E-state index contributed by atoms with van der Waals surface area (Å²) in [6.07, 6.45) is -4.36. The van der Waals surface area contributed by atoms with Crippen LogP contribution >= 0.6 is 11.8 Å². The summed E-state index contributed by atoms with van der Waals surface area (Å²) >= 11 is 1.75. The van der Waals surface area contributed by atoms with Crippen molar-refractivity contribution in [3.8, 4) is 0 Å². The maximum Gasteiger partial charge on any atom is 0.405 e. The van der Waals surface area contributed by atoms with Crippen molar-refractivity contribution < 1.29 is 18.0 Å². The fourth-order valence-electron chi connectivity index (χ4n) is 2.19. The van der Waals surface area contributed by atoms with E-state index in [1.165, 1.54) is 0 Å². The molecule has 2 heterocycles. The molecule has 0 saturated carbocycles.